The molecule has 9 heteroatoms. The van der Waals surface area contributed by atoms with Crippen molar-refractivity contribution < 1.29 is 42.9 Å². The second-order valence-electron chi connectivity index (χ2n) is 13.8. The number of hydrogen-bond donors (Lipinski definition) is 1. The summed E-state index contributed by atoms with van der Waals surface area (Å²) in [5, 5.41) is 9.59. The van der Waals surface area contributed by atoms with Crippen molar-refractivity contribution in [3.05, 3.63) is 60.8 Å². The van der Waals surface area contributed by atoms with Crippen molar-refractivity contribution in [3.8, 4) is 0 Å². The number of carbonyl (C=O) groups is 3. The van der Waals surface area contributed by atoms with Crippen LogP contribution in [0.5, 0.6) is 0 Å². The average molecular weight is 719 g/mol. The Kier molecular flexibility index (Phi) is 32.1. The lowest BCUT2D eigenvalue weighted by Gasteiger charge is -2.25. The van der Waals surface area contributed by atoms with Gasteiger partial charge in [-0.05, 0) is 70.6 Å². The Hall–Kier alpha value is -3.01. The first-order valence-electron chi connectivity index (χ1n) is 19.5. The Balaban J connectivity index is 4.62. The van der Waals surface area contributed by atoms with Gasteiger partial charge in [-0.25, -0.2) is 4.79 Å². The van der Waals surface area contributed by atoms with Gasteiger partial charge in [0.15, 0.2) is 6.10 Å². The van der Waals surface area contributed by atoms with E-state index in [1.165, 1.54) is 6.42 Å². The Morgan fingerprint density at radius 2 is 1.12 bits per heavy atom. The quantitative estimate of drug-likeness (QED) is 0.0231. The van der Waals surface area contributed by atoms with Crippen LogP contribution in [0.3, 0.4) is 0 Å². The average Bonchev–Trinajstić information content (AvgIpc) is 3.08. The summed E-state index contributed by atoms with van der Waals surface area (Å²) in [6.45, 7) is 4.60. The van der Waals surface area contributed by atoms with Crippen LogP contribution in [0.2, 0.25) is 0 Å². The Morgan fingerprint density at radius 1 is 0.608 bits per heavy atom. The van der Waals surface area contributed by atoms with Crippen LogP contribution in [0.15, 0.2) is 60.8 Å². The van der Waals surface area contributed by atoms with E-state index >= 15 is 0 Å². The summed E-state index contributed by atoms with van der Waals surface area (Å²) in [6.07, 6.45) is 35.7. The molecule has 2 atom stereocenters. The van der Waals surface area contributed by atoms with Crippen molar-refractivity contribution in [3.63, 3.8) is 0 Å². The van der Waals surface area contributed by atoms with E-state index < -0.39 is 24.3 Å². The number of rotatable bonds is 34. The molecule has 0 aromatic carbocycles. The SMILES string of the molecule is CC/C=C\C/C=C\C/C=C\CCCCCC(=O)OC(COC(=O)CCCCCCC/C=C\C/C=C\CCC)COC(OCC[N+](C)(C)C)C(=O)O. The molecule has 0 aliphatic carbocycles. The highest BCUT2D eigenvalue weighted by Gasteiger charge is 2.25. The molecule has 0 saturated carbocycles. The summed E-state index contributed by atoms with van der Waals surface area (Å²) in [6, 6.07) is 0. The highest BCUT2D eigenvalue weighted by atomic mass is 16.7. The minimum atomic E-state index is -1.52. The third kappa shape index (κ3) is 35.2. The maximum absolute atomic E-state index is 12.7. The fourth-order valence-electron chi connectivity index (χ4n) is 4.71. The monoisotopic (exact) mass is 719 g/mol. The number of carboxylic acids is 1. The van der Waals surface area contributed by atoms with Gasteiger partial charge in [0.1, 0.15) is 13.2 Å². The number of aliphatic carboxylic acids is 1. The molecule has 0 aromatic heterocycles. The number of carbonyl (C=O) groups excluding carboxylic acids is 2. The molecular formula is C42H72NO8+. The normalized spacial score (nSPS) is 13.7. The summed E-state index contributed by atoms with van der Waals surface area (Å²) in [7, 11) is 5.92. The number of ether oxygens (including phenoxy) is 4. The molecule has 1 N–H and O–H groups in total. The van der Waals surface area contributed by atoms with Crippen LogP contribution in [0, 0.1) is 0 Å². The van der Waals surface area contributed by atoms with Crippen molar-refractivity contribution in [2.75, 3.05) is 47.5 Å². The standard InChI is InChI=1S/C42H71NO8/c1-6-8-10-12-14-16-18-20-22-24-26-28-30-32-39(44)49-36-38(37-50-42(41(46)47)48-35-34-43(3,4)5)51-40(45)33-31-29-27-25-23-21-19-17-15-13-11-9-7-2/h9-12,15-18,21,23,38,42H,6-8,13-14,19-20,22,24-37H2,1-5H3/p+1/b11-9-,12-10-,17-15-,18-16-,23-21-. The van der Waals surface area contributed by atoms with Gasteiger partial charge in [-0.15, -0.1) is 0 Å². The highest BCUT2D eigenvalue weighted by Crippen LogP contribution is 2.11. The van der Waals surface area contributed by atoms with Gasteiger partial charge in [0.2, 0.25) is 0 Å². The van der Waals surface area contributed by atoms with E-state index in [0.717, 1.165) is 89.9 Å². The third-order valence-corrected chi connectivity index (χ3v) is 7.74. The first kappa shape index (κ1) is 48.0. The fraction of sp³-hybridized carbons (Fsp3) is 0.690. The molecule has 292 valence electrons. The Labute approximate surface area is 310 Å². The zero-order chi connectivity index (χ0) is 37.8. The topological polar surface area (TPSA) is 108 Å². The van der Waals surface area contributed by atoms with Crippen molar-refractivity contribution >= 4 is 17.9 Å². The maximum Gasteiger partial charge on any atom is 0.361 e. The van der Waals surface area contributed by atoms with E-state index in [1.54, 1.807) is 0 Å². The number of esters is 2. The van der Waals surface area contributed by atoms with Crippen LogP contribution in [0.25, 0.3) is 0 Å². The molecule has 0 bridgehead atoms. The van der Waals surface area contributed by atoms with Crippen molar-refractivity contribution in [2.24, 2.45) is 0 Å². The lowest BCUT2D eigenvalue weighted by Crippen LogP contribution is -2.40. The van der Waals surface area contributed by atoms with Gasteiger partial charge in [-0.3, -0.25) is 9.59 Å². The van der Waals surface area contributed by atoms with E-state index in [1.807, 2.05) is 21.1 Å². The van der Waals surface area contributed by atoms with E-state index in [9.17, 15) is 19.5 Å². The summed E-state index contributed by atoms with van der Waals surface area (Å²) < 4.78 is 22.6. The number of allylic oxidation sites excluding steroid dienone is 10. The van der Waals surface area contributed by atoms with Gasteiger partial charge in [0.25, 0.3) is 6.29 Å². The first-order chi connectivity index (χ1) is 24.6. The van der Waals surface area contributed by atoms with Gasteiger partial charge in [-0.2, -0.15) is 0 Å². The molecule has 0 fully saturated rings. The molecule has 0 rings (SSSR count). The van der Waals surface area contributed by atoms with Gasteiger partial charge in [0, 0.05) is 12.8 Å². The van der Waals surface area contributed by atoms with E-state index in [2.05, 4.69) is 74.6 Å². The zero-order valence-corrected chi connectivity index (χ0v) is 32.7. The minimum Gasteiger partial charge on any atom is -0.477 e. The molecule has 0 amide bonds. The largest absolute Gasteiger partial charge is 0.477 e. The number of likely N-dealkylation sites (N-methyl/N-ethyl adjacent to an activating group) is 1. The number of unbranched alkanes of at least 4 members (excludes halogenated alkanes) is 9. The minimum absolute atomic E-state index is 0.176. The molecule has 0 aliphatic heterocycles. The zero-order valence-electron chi connectivity index (χ0n) is 32.7. The molecule has 0 spiro atoms. The molecule has 51 heavy (non-hydrogen) atoms. The summed E-state index contributed by atoms with van der Waals surface area (Å²) in [4.78, 5) is 36.9. The van der Waals surface area contributed by atoms with Crippen LogP contribution in [-0.2, 0) is 33.3 Å². The van der Waals surface area contributed by atoms with Crippen molar-refractivity contribution in [2.45, 2.75) is 142 Å². The summed E-state index contributed by atoms with van der Waals surface area (Å²) in [5.41, 5.74) is 0. The Morgan fingerprint density at radius 3 is 1.69 bits per heavy atom. The van der Waals surface area contributed by atoms with Gasteiger partial charge in [0.05, 0.1) is 34.4 Å². The third-order valence-electron chi connectivity index (χ3n) is 7.74. The summed E-state index contributed by atoms with van der Waals surface area (Å²) >= 11 is 0. The number of nitrogens with zero attached hydrogens (tertiary/aromatic N) is 1. The molecule has 9 nitrogen and oxygen atoms in total. The molecule has 2 unspecified atom stereocenters. The number of carboxylic acid groups (broad SMARTS) is 1. The maximum atomic E-state index is 12.7. The predicted octanol–water partition coefficient (Wildman–Crippen LogP) is 9.43. The van der Waals surface area contributed by atoms with Crippen LogP contribution >= 0.6 is 0 Å². The summed E-state index contributed by atoms with van der Waals surface area (Å²) in [5.74, 6) is -2.08. The van der Waals surface area contributed by atoms with Crippen molar-refractivity contribution in [1.29, 1.82) is 0 Å². The molecule has 0 aromatic rings. The highest BCUT2D eigenvalue weighted by molar-refractivity contribution is 5.71. The van der Waals surface area contributed by atoms with Crippen LogP contribution in [-0.4, -0.2) is 87.4 Å². The lowest BCUT2D eigenvalue weighted by molar-refractivity contribution is -0.870. The van der Waals surface area contributed by atoms with Crippen molar-refractivity contribution in [1.82, 2.24) is 0 Å². The van der Waals surface area contributed by atoms with E-state index in [0.29, 0.717) is 17.4 Å². The van der Waals surface area contributed by atoms with E-state index in [-0.39, 0.29) is 38.6 Å². The molecular weight excluding hydrogens is 646 g/mol. The predicted molar refractivity (Wildman–Crippen MR) is 207 cm³/mol. The molecule has 0 aliphatic rings. The molecule has 0 saturated heterocycles. The second-order valence-corrected chi connectivity index (χ2v) is 13.8. The smallest absolute Gasteiger partial charge is 0.361 e. The van der Waals surface area contributed by atoms with Crippen LogP contribution in [0.4, 0.5) is 0 Å². The molecule has 0 radical (unpaired) electrons. The second kappa shape index (κ2) is 34.1. The van der Waals surface area contributed by atoms with Gasteiger partial charge < -0.3 is 28.5 Å². The van der Waals surface area contributed by atoms with Gasteiger partial charge in [-0.1, -0.05) is 107 Å². The van der Waals surface area contributed by atoms with Crippen LogP contribution in [0.1, 0.15) is 129 Å². The number of hydrogen-bond acceptors (Lipinski definition) is 7. The van der Waals surface area contributed by atoms with Crippen LogP contribution < -0.4 is 0 Å². The number of quaternary nitrogens is 1. The van der Waals surface area contributed by atoms with E-state index in [4.69, 9.17) is 18.9 Å². The Bertz CT molecular complexity index is 1020. The van der Waals surface area contributed by atoms with Gasteiger partial charge >= 0.3 is 17.9 Å². The molecule has 0 heterocycles. The first-order valence-corrected chi connectivity index (χ1v) is 19.5. The lowest BCUT2D eigenvalue weighted by atomic mass is 10.1. The fourth-order valence-corrected chi connectivity index (χ4v) is 4.71.